The lowest BCUT2D eigenvalue weighted by Crippen LogP contribution is -2.28. The van der Waals surface area contributed by atoms with Gasteiger partial charge >= 0.3 is 0 Å². The Balaban J connectivity index is 1.32. The maximum absolute atomic E-state index is 12.1. The van der Waals surface area contributed by atoms with Crippen LogP contribution in [0.3, 0.4) is 0 Å². The van der Waals surface area contributed by atoms with Crippen molar-refractivity contribution in [2.45, 2.75) is 27.3 Å². The number of aromatic nitrogens is 4. The predicted octanol–water partition coefficient (Wildman–Crippen LogP) is 3.47. The number of nitrogens with one attached hydrogen (secondary N) is 1. The minimum atomic E-state index is -0.154. The fourth-order valence-corrected chi connectivity index (χ4v) is 3.76. The van der Waals surface area contributed by atoms with Crippen LogP contribution in [0.4, 0.5) is 0 Å². The number of amides is 1. The monoisotopic (exact) mass is 407 g/mol. The van der Waals surface area contributed by atoms with Crippen molar-refractivity contribution in [2.75, 3.05) is 6.61 Å². The minimum absolute atomic E-state index is 0.00528. The van der Waals surface area contributed by atoms with Crippen molar-refractivity contribution in [3.8, 4) is 16.3 Å². The number of aryl methyl sites for hydroxylation is 2. The summed E-state index contributed by atoms with van der Waals surface area (Å²) in [6, 6.07) is 13.8. The molecule has 2 aromatic heterocycles. The predicted molar refractivity (Wildman–Crippen MR) is 112 cm³/mol. The molecule has 4 aromatic rings. The number of nitrogens with zero attached hydrogens (tertiary/aromatic N) is 4. The SMILES string of the molecule is Cc1cccc(OCC(=O)NCc2ccc(-c3nn4c(C)nnc4s3)cc2)c1C. The molecule has 1 amide bonds. The Hall–Kier alpha value is -3.26. The Labute approximate surface area is 172 Å². The lowest BCUT2D eigenvalue weighted by atomic mass is 10.1. The van der Waals surface area contributed by atoms with Gasteiger partial charge in [-0.1, -0.05) is 47.7 Å². The second-order valence-corrected chi connectivity index (χ2v) is 7.77. The van der Waals surface area contributed by atoms with Gasteiger partial charge < -0.3 is 10.1 Å². The number of benzene rings is 2. The van der Waals surface area contributed by atoms with E-state index in [1.807, 2.05) is 63.2 Å². The van der Waals surface area contributed by atoms with E-state index < -0.39 is 0 Å². The van der Waals surface area contributed by atoms with Gasteiger partial charge in [-0.3, -0.25) is 4.79 Å². The highest BCUT2D eigenvalue weighted by atomic mass is 32.1. The molecule has 0 atom stereocenters. The Kier molecular flexibility index (Phi) is 5.26. The van der Waals surface area contributed by atoms with Crippen LogP contribution in [0.1, 0.15) is 22.5 Å². The summed E-state index contributed by atoms with van der Waals surface area (Å²) in [5.74, 6) is 1.36. The Morgan fingerprint density at radius 1 is 1.10 bits per heavy atom. The summed E-state index contributed by atoms with van der Waals surface area (Å²) in [4.78, 5) is 12.9. The first-order chi connectivity index (χ1) is 14.0. The fraction of sp³-hybridized carbons (Fsp3) is 0.238. The zero-order valence-corrected chi connectivity index (χ0v) is 17.3. The van der Waals surface area contributed by atoms with Gasteiger partial charge in [0.2, 0.25) is 4.96 Å². The van der Waals surface area contributed by atoms with Gasteiger partial charge in [0.1, 0.15) is 10.8 Å². The molecule has 7 nitrogen and oxygen atoms in total. The van der Waals surface area contributed by atoms with Gasteiger partial charge in [0.15, 0.2) is 12.4 Å². The molecule has 4 rings (SSSR count). The van der Waals surface area contributed by atoms with E-state index in [-0.39, 0.29) is 12.5 Å². The zero-order valence-electron chi connectivity index (χ0n) is 16.5. The standard InChI is InChI=1S/C21H21N5O2S/c1-13-5-4-6-18(14(13)2)28-12-19(27)22-11-16-7-9-17(10-8-16)20-25-26-15(3)23-24-21(26)29-20/h4-10H,11-12H2,1-3H3,(H,22,27). The highest BCUT2D eigenvalue weighted by Crippen LogP contribution is 2.25. The first-order valence-corrected chi connectivity index (χ1v) is 10.1. The molecule has 0 fully saturated rings. The summed E-state index contributed by atoms with van der Waals surface area (Å²) < 4.78 is 7.38. The molecule has 0 aliphatic rings. The van der Waals surface area contributed by atoms with Gasteiger partial charge in [0.25, 0.3) is 5.91 Å². The van der Waals surface area contributed by atoms with Crippen LogP contribution in [0.15, 0.2) is 42.5 Å². The molecule has 0 saturated carbocycles. The van der Waals surface area contributed by atoms with E-state index in [0.29, 0.717) is 6.54 Å². The highest BCUT2D eigenvalue weighted by Gasteiger charge is 2.11. The number of hydrogen-bond acceptors (Lipinski definition) is 6. The topological polar surface area (TPSA) is 81.4 Å². The summed E-state index contributed by atoms with van der Waals surface area (Å²) >= 11 is 1.49. The van der Waals surface area contributed by atoms with Crippen LogP contribution in [-0.2, 0) is 11.3 Å². The van der Waals surface area contributed by atoms with Gasteiger partial charge in [0, 0.05) is 12.1 Å². The summed E-state index contributed by atoms with van der Waals surface area (Å²) in [6.07, 6.45) is 0. The molecule has 0 aliphatic heterocycles. The molecule has 0 saturated heterocycles. The number of carbonyl (C=O) groups is 1. The Morgan fingerprint density at radius 2 is 1.90 bits per heavy atom. The van der Waals surface area contributed by atoms with Crippen LogP contribution >= 0.6 is 11.3 Å². The molecule has 0 bridgehead atoms. The van der Waals surface area contributed by atoms with E-state index in [1.54, 1.807) is 4.52 Å². The summed E-state index contributed by atoms with van der Waals surface area (Å²) in [6.45, 7) is 6.32. The second kappa shape index (κ2) is 8.00. The molecule has 148 valence electrons. The van der Waals surface area contributed by atoms with E-state index in [9.17, 15) is 4.79 Å². The van der Waals surface area contributed by atoms with Crippen LogP contribution in [0.2, 0.25) is 0 Å². The minimum Gasteiger partial charge on any atom is -0.483 e. The number of hydrogen-bond donors (Lipinski definition) is 1. The van der Waals surface area contributed by atoms with E-state index in [1.165, 1.54) is 11.3 Å². The van der Waals surface area contributed by atoms with Crippen molar-refractivity contribution >= 4 is 22.2 Å². The zero-order chi connectivity index (χ0) is 20.4. The van der Waals surface area contributed by atoms with Crippen molar-refractivity contribution in [3.05, 3.63) is 65.0 Å². The summed E-state index contributed by atoms with van der Waals surface area (Å²) in [7, 11) is 0. The average Bonchev–Trinajstić information content (AvgIpc) is 3.30. The summed E-state index contributed by atoms with van der Waals surface area (Å²) in [5.41, 5.74) is 4.21. The third-order valence-electron chi connectivity index (χ3n) is 4.75. The van der Waals surface area contributed by atoms with Gasteiger partial charge in [0.05, 0.1) is 0 Å². The molecule has 8 heteroatoms. The summed E-state index contributed by atoms with van der Waals surface area (Å²) in [5, 5.41) is 16.4. The number of carbonyl (C=O) groups excluding carboxylic acids is 1. The van der Waals surface area contributed by atoms with E-state index >= 15 is 0 Å². The third kappa shape index (κ3) is 4.12. The average molecular weight is 407 g/mol. The van der Waals surface area contributed by atoms with Gasteiger partial charge in [-0.25, -0.2) is 0 Å². The van der Waals surface area contributed by atoms with E-state index in [4.69, 9.17) is 4.74 Å². The number of ether oxygens (including phenoxy) is 1. The fourth-order valence-electron chi connectivity index (χ4n) is 2.87. The maximum atomic E-state index is 12.1. The first-order valence-electron chi connectivity index (χ1n) is 9.25. The van der Waals surface area contributed by atoms with Crippen molar-refractivity contribution in [2.24, 2.45) is 0 Å². The molecule has 0 spiro atoms. The lowest BCUT2D eigenvalue weighted by Gasteiger charge is -2.11. The van der Waals surface area contributed by atoms with Crippen LogP contribution < -0.4 is 10.1 Å². The molecular formula is C21H21N5O2S. The molecule has 0 radical (unpaired) electrons. The van der Waals surface area contributed by atoms with Crippen molar-refractivity contribution in [1.82, 2.24) is 25.1 Å². The Morgan fingerprint density at radius 3 is 2.66 bits per heavy atom. The highest BCUT2D eigenvalue weighted by molar-refractivity contribution is 7.19. The van der Waals surface area contributed by atoms with Crippen molar-refractivity contribution in [1.29, 1.82) is 0 Å². The molecule has 2 heterocycles. The molecule has 2 aromatic carbocycles. The second-order valence-electron chi connectivity index (χ2n) is 6.81. The van der Waals surface area contributed by atoms with Gasteiger partial charge in [-0.05, 0) is 43.5 Å². The number of rotatable bonds is 6. The molecule has 0 unspecified atom stereocenters. The van der Waals surface area contributed by atoms with Crippen LogP contribution in [0, 0.1) is 20.8 Å². The lowest BCUT2D eigenvalue weighted by molar-refractivity contribution is -0.123. The smallest absolute Gasteiger partial charge is 0.258 e. The van der Waals surface area contributed by atoms with Gasteiger partial charge in [-0.2, -0.15) is 9.61 Å². The first kappa shape index (κ1) is 19.1. The van der Waals surface area contributed by atoms with Crippen molar-refractivity contribution in [3.63, 3.8) is 0 Å². The molecule has 1 N–H and O–H groups in total. The Bertz CT molecular complexity index is 1160. The quantitative estimate of drug-likeness (QED) is 0.529. The largest absolute Gasteiger partial charge is 0.483 e. The van der Waals surface area contributed by atoms with E-state index in [0.717, 1.165) is 43.8 Å². The molecular weight excluding hydrogens is 386 g/mol. The van der Waals surface area contributed by atoms with Gasteiger partial charge in [-0.15, -0.1) is 10.2 Å². The molecule has 29 heavy (non-hydrogen) atoms. The van der Waals surface area contributed by atoms with Crippen LogP contribution in [0.25, 0.3) is 15.5 Å². The van der Waals surface area contributed by atoms with Crippen molar-refractivity contribution < 1.29 is 9.53 Å². The number of fused-ring (bicyclic) bond motifs is 1. The van der Waals surface area contributed by atoms with E-state index in [2.05, 4.69) is 20.6 Å². The van der Waals surface area contributed by atoms with Crippen LogP contribution in [-0.4, -0.2) is 32.3 Å². The van der Waals surface area contributed by atoms with Crippen LogP contribution in [0.5, 0.6) is 5.75 Å². The maximum Gasteiger partial charge on any atom is 0.258 e. The normalized spacial score (nSPS) is 11.0. The third-order valence-corrected chi connectivity index (χ3v) is 5.70. The molecule has 0 aliphatic carbocycles.